The number of hydrogen-bond donors (Lipinski definition) is 1. The Bertz CT molecular complexity index is 415. The summed E-state index contributed by atoms with van der Waals surface area (Å²) in [6, 6.07) is 3.48. The summed E-state index contributed by atoms with van der Waals surface area (Å²) in [5.41, 5.74) is 0. The summed E-state index contributed by atoms with van der Waals surface area (Å²) in [5.74, 6) is 0.272. The van der Waals surface area contributed by atoms with Crippen molar-refractivity contribution in [2.45, 2.75) is 51.9 Å². The van der Waals surface area contributed by atoms with Crippen molar-refractivity contribution in [2.75, 3.05) is 0 Å². The van der Waals surface area contributed by atoms with Crippen molar-refractivity contribution in [3.63, 3.8) is 0 Å². The second kappa shape index (κ2) is 5.28. The average Bonchev–Trinajstić information content (AvgIpc) is 2.60. The van der Waals surface area contributed by atoms with E-state index in [-0.39, 0.29) is 11.5 Å². The maximum absolute atomic E-state index is 10.5. The van der Waals surface area contributed by atoms with Gasteiger partial charge in [0.05, 0.1) is 6.61 Å². The van der Waals surface area contributed by atoms with E-state index >= 15 is 0 Å². The molecule has 0 fully saturated rings. The molecule has 102 valence electrons. The van der Waals surface area contributed by atoms with Crippen LogP contribution < -0.4 is 0 Å². The molecule has 5 heteroatoms. The zero-order valence-electron chi connectivity index (χ0n) is 11.7. The predicted molar refractivity (Wildman–Crippen MR) is 72.0 cm³/mol. The van der Waals surface area contributed by atoms with Gasteiger partial charge >= 0.3 is 5.97 Å². The largest absolute Gasteiger partial charge is 0.481 e. The standard InChI is InChI=1S/C13H22O4Si/c1-13(2,3)18(4,5)16-9-11-7-6-10(17-11)8-12(14)15/h6-7H,8-9H2,1-5H3,(H,14,15). The van der Waals surface area contributed by atoms with Crippen molar-refractivity contribution in [3.8, 4) is 0 Å². The van der Waals surface area contributed by atoms with Crippen LogP contribution in [0.1, 0.15) is 32.3 Å². The Hall–Kier alpha value is -1.07. The molecule has 0 aliphatic carbocycles. The van der Waals surface area contributed by atoms with Crippen LogP contribution in [0.5, 0.6) is 0 Å². The van der Waals surface area contributed by atoms with Crippen LogP contribution in [0.4, 0.5) is 0 Å². The minimum atomic E-state index is -1.79. The molecule has 0 spiro atoms. The lowest BCUT2D eigenvalue weighted by Gasteiger charge is -2.35. The molecule has 0 saturated carbocycles. The van der Waals surface area contributed by atoms with E-state index in [1.54, 1.807) is 12.1 Å². The lowest BCUT2D eigenvalue weighted by molar-refractivity contribution is -0.136. The van der Waals surface area contributed by atoms with Crippen molar-refractivity contribution in [3.05, 3.63) is 23.7 Å². The van der Waals surface area contributed by atoms with E-state index in [4.69, 9.17) is 13.9 Å². The quantitative estimate of drug-likeness (QED) is 0.833. The molecule has 4 nitrogen and oxygen atoms in total. The first-order valence-electron chi connectivity index (χ1n) is 6.05. The number of furan rings is 1. The van der Waals surface area contributed by atoms with Gasteiger partial charge in [-0.05, 0) is 30.3 Å². The first-order chi connectivity index (χ1) is 8.12. The highest BCUT2D eigenvalue weighted by atomic mass is 28.4. The molecule has 0 amide bonds. The second-order valence-electron chi connectivity index (χ2n) is 5.99. The normalized spacial score (nSPS) is 12.7. The Kier molecular flexibility index (Phi) is 4.40. The molecule has 1 rings (SSSR count). The van der Waals surface area contributed by atoms with Crippen LogP contribution in [-0.2, 0) is 22.2 Å². The van der Waals surface area contributed by atoms with Crippen LogP contribution in [0.25, 0.3) is 0 Å². The SMILES string of the molecule is CC(C)(C)[Si](C)(C)OCc1ccc(CC(=O)O)o1. The number of carboxylic acids is 1. The van der Waals surface area contributed by atoms with E-state index < -0.39 is 14.3 Å². The fourth-order valence-electron chi connectivity index (χ4n) is 1.21. The van der Waals surface area contributed by atoms with E-state index in [1.165, 1.54) is 0 Å². The van der Waals surface area contributed by atoms with Gasteiger partial charge in [-0.2, -0.15) is 0 Å². The molecule has 0 atom stereocenters. The van der Waals surface area contributed by atoms with Gasteiger partial charge in [-0.3, -0.25) is 4.79 Å². The molecule has 18 heavy (non-hydrogen) atoms. The van der Waals surface area contributed by atoms with E-state index in [9.17, 15) is 4.79 Å². The molecule has 0 saturated heterocycles. The van der Waals surface area contributed by atoms with Crippen LogP contribution in [0.3, 0.4) is 0 Å². The molecule has 0 bridgehead atoms. The second-order valence-corrected chi connectivity index (χ2v) is 10.8. The maximum atomic E-state index is 10.5. The Morgan fingerprint density at radius 2 is 1.89 bits per heavy atom. The van der Waals surface area contributed by atoms with Gasteiger partial charge in [0.1, 0.15) is 17.9 Å². The van der Waals surface area contributed by atoms with Gasteiger partial charge in [0.2, 0.25) is 0 Å². The molecular formula is C13H22O4Si. The third kappa shape index (κ3) is 3.99. The highest BCUT2D eigenvalue weighted by Crippen LogP contribution is 2.37. The summed E-state index contributed by atoms with van der Waals surface area (Å²) in [7, 11) is -1.79. The third-order valence-electron chi connectivity index (χ3n) is 3.42. The number of carbonyl (C=O) groups is 1. The summed E-state index contributed by atoms with van der Waals surface area (Å²) in [5, 5.41) is 8.81. The average molecular weight is 270 g/mol. The molecule has 0 aliphatic rings. The first-order valence-corrected chi connectivity index (χ1v) is 8.96. The fraction of sp³-hybridized carbons (Fsp3) is 0.615. The Morgan fingerprint density at radius 3 is 2.39 bits per heavy atom. The minimum absolute atomic E-state index is 0.0832. The summed E-state index contributed by atoms with van der Waals surface area (Å²) >= 11 is 0. The maximum Gasteiger partial charge on any atom is 0.311 e. The molecule has 0 unspecified atom stereocenters. The molecule has 1 aromatic heterocycles. The minimum Gasteiger partial charge on any atom is -0.481 e. The van der Waals surface area contributed by atoms with Crippen molar-refractivity contribution in [1.82, 2.24) is 0 Å². The Balaban J connectivity index is 2.59. The number of rotatable bonds is 5. The molecular weight excluding hydrogens is 248 g/mol. The van der Waals surface area contributed by atoms with Gasteiger partial charge in [0.15, 0.2) is 8.32 Å². The fourth-order valence-corrected chi connectivity index (χ4v) is 2.15. The zero-order chi connectivity index (χ0) is 14.0. The lowest BCUT2D eigenvalue weighted by Crippen LogP contribution is -2.40. The Labute approximate surface area is 109 Å². The molecule has 0 aromatic carbocycles. The Morgan fingerprint density at radius 1 is 1.33 bits per heavy atom. The van der Waals surface area contributed by atoms with Gasteiger partial charge in [-0.1, -0.05) is 20.8 Å². The predicted octanol–water partition coefficient (Wildman–Crippen LogP) is 3.43. The van der Waals surface area contributed by atoms with E-state index in [0.717, 1.165) is 0 Å². The van der Waals surface area contributed by atoms with Crippen LogP contribution in [-0.4, -0.2) is 19.4 Å². The summed E-state index contributed by atoms with van der Waals surface area (Å²) in [6.45, 7) is 11.3. The van der Waals surface area contributed by atoms with Gasteiger partial charge in [-0.25, -0.2) is 0 Å². The lowest BCUT2D eigenvalue weighted by atomic mass is 10.2. The zero-order valence-corrected chi connectivity index (χ0v) is 12.7. The van der Waals surface area contributed by atoms with Crippen molar-refractivity contribution >= 4 is 14.3 Å². The van der Waals surface area contributed by atoms with Crippen molar-refractivity contribution in [2.24, 2.45) is 0 Å². The monoisotopic (exact) mass is 270 g/mol. The van der Waals surface area contributed by atoms with E-state index in [2.05, 4.69) is 33.9 Å². The van der Waals surface area contributed by atoms with Gasteiger partial charge in [0.25, 0.3) is 0 Å². The highest BCUT2D eigenvalue weighted by Gasteiger charge is 2.37. The molecule has 0 radical (unpaired) electrons. The number of hydrogen-bond acceptors (Lipinski definition) is 3. The van der Waals surface area contributed by atoms with E-state index in [0.29, 0.717) is 18.1 Å². The molecule has 1 aromatic rings. The molecule has 1 N–H and O–H groups in total. The van der Waals surface area contributed by atoms with Crippen LogP contribution >= 0.6 is 0 Å². The first kappa shape index (κ1) is 15.0. The van der Waals surface area contributed by atoms with Crippen molar-refractivity contribution < 1.29 is 18.7 Å². The van der Waals surface area contributed by atoms with Gasteiger partial charge in [-0.15, -0.1) is 0 Å². The topological polar surface area (TPSA) is 59.7 Å². The molecule has 1 heterocycles. The highest BCUT2D eigenvalue weighted by molar-refractivity contribution is 6.74. The van der Waals surface area contributed by atoms with Crippen LogP contribution in [0, 0.1) is 0 Å². The van der Waals surface area contributed by atoms with E-state index in [1.807, 2.05) is 0 Å². The summed E-state index contributed by atoms with van der Waals surface area (Å²) < 4.78 is 11.4. The number of carboxylic acid groups (broad SMARTS) is 1. The van der Waals surface area contributed by atoms with Crippen LogP contribution in [0.15, 0.2) is 16.5 Å². The van der Waals surface area contributed by atoms with Crippen molar-refractivity contribution in [1.29, 1.82) is 0 Å². The smallest absolute Gasteiger partial charge is 0.311 e. The molecule has 0 aliphatic heterocycles. The van der Waals surface area contributed by atoms with Crippen LogP contribution in [0.2, 0.25) is 18.1 Å². The summed E-state index contributed by atoms with van der Waals surface area (Å²) in [4.78, 5) is 10.5. The number of aliphatic carboxylic acids is 1. The third-order valence-corrected chi connectivity index (χ3v) is 7.90. The summed E-state index contributed by atoms with van der Waals surface area (Å²) in [6.07, 6.45) is -0.0832. The van der Waals surface area contributed by atoms with Gasteiger partial charge < -0.3 is 13.9 Å². The van der Waals surface area contributed by atoms with Gasteiger partial charge in [0, 0.05) is 0 Å².